The lowest BCUT2D eigenvalue weighted by Crippen LogP contribution is -2.27. The fraction of sp³-hybridized carbons (Fsp3) is 0.364. The average molecular weight is 284 g/mol. The number of rotatable bonds is 3. The molecule has 0 spiro atoms. The first-order valence-electron chi connectivity index (χ1n) is 5.77. The largest absolute Gasteiger partial charge is 0.373 e. The number of nitrogens with zero attached hydrogens (tertiary/aromatic N) is 3. The van der Waals surface area contributed by atoms with Crippen molar-refractivity contribution in [3.8, 4) is 0 Å². The Morgan fingerprint density at radius 2 is 2.37 bits per heavy atom. The second-order valence-electron chi connectivity index (χ2n) is 4.34. The molecule has 19 heavy (non-hydrogen) atoms. The van der Waals surface area contributed by atoms with Crippen LogP contribution >= 0.6 is 11.6 Å². The van der Waals surface area contributed by atoms with Gasteiger partial charge in [0.1, 0.15) is 22.7 Å². The normalized spacial score (nSPS) is 21.4. The van der Waals surface area contributed by atoms with Crippen LogP contribution in [-0.4, -0.2) is 39.8 Å². The van der Waals surface area contributed by atoms with Gasteiger partial charge in [-0.15, -0.1) is 0 Å². The molecule has 2 atom stereocenters. The van der Waals surface area contributed by atoms with Crippen molar-refractivity contribution in [2.45, 2.75) is 18.6 Å². The molecule has 1 aliphatic carbocycles. The fourth-order valence-corrected chi connectivity index (χ4v) is 2.01. The molecule has 2 aromatic rings. The minimum Gasteiger partial charge on any atom is -0.373 e. The van der Waals surface area contributed by atoms with Crippen LogP contribution in [0, 0.1) is 0 Å². The van der Waals surface area contributed by atoms with E-state index in [1.807, 2.05) is 0 Å². The summed E-state index contributed by atoms with van der Waals surface area (Å²) in [6.07, 6.45) is 0.806. The van der Waals surface area contributed by atoms with Gasteiger partial charge in [-0.3, -0.25) is 4.79 Å². The number of amides is 1. The lowest BCUT2D eigenvalue weighted by atomic mass is 10.3. The Morgan fingerprint density at radius 1 is 1.63 bits per heavy atom. The van der Waals surface area contributed by atoms with Crippen LogP contribution < -0.4 is 10.6 Å². The molecule has 100 valence electrons. The van der Waals surface area contributed by atoms with Crippen molar-refractivity contribution in [1.29, 1.82) is 0 Å². The first kappa shape index (κ1) is 12.2. The second-order valence-corrected chi connectivity index (χ2v) is 4.73. The van der Waals surface area contributed by atoms with Crippen molar-refractivity contribution in [3.63, 3.8) is 0 Å². The van der Waals surface area contributed by atoms with Crippen molar-refractivity contribution in [1.82, 2.24) is 19.9 Å². The molecule has 6 nitrogen and oxygen atoms in total. The van der Waals surface area contributed by atoms with Gasteiger partial charge in [-0.25, -0.2) is 9.37 Å². The Balaban J connectivity index is 1.99. The summed E-state index contributed by atoms with van der Waals surface area (Å²) in [5, 5.41) is 9.82. The summed E-state index contributed by atoms with van der Waals surface area (Å²) in [6, 6.07) is 1.20. The molecule has 0 aliphatic heterocycles. The maximum absolute atomic E-state index is 12.8. The second kappa shape index (κ2) is 4.34. The molecule has 1 saturated carbocycles. The third-order valence-corrected chi connectivity index (χ3v) is 3.16. The third-order valence-electron chi connectivity index (χ3n) is 2.97. The number of carbonyl (C=O) groups excluding carboxylic acids is 1. The van der Waals surface area contributed by atoms with Crippen molar-refractivity contribution >= 4 is 29.0 Å². The molecule has 2 aromatic heterocycles. The maximum atomic E-state index is 12.8. The zero-order chi connectivity index (χ0) is 13.6. The predicted molar refractivity (Wildman–Crippen MR) is 68.3 cm³/mol. The summed E-state index contributed by atoms with van der Waals surface area (Å²) in [5.74, 6) is 0.223. The van der Waals surface area contributed by atoms with E-state index >= 15 is 0 Å². The summed E-state index contributed by atoms with van der Waals surface area (Å²) in [6.45, 7) is 0. The Morgan fingerprint density at radius 3 is 3.00 bits per heavy atom. The van der Waals surface area contributed by atoms with E-state index in [1.54, 1.807) is 13.1 Å². The van der Waals surface area contributed by atoms with Gasteiger partial charge in [0.15, 0.2) is 5.65 Å². The molecule has 0 saturated heterocycles. The molecule has 3 rings (SSSR count). The first-order valence-corrected chi connectivity index (χ1v) is 6.15. The van der Waals surface area contributed by atoms with Gasteiger partial charge in [-0.05, 0) is 0 Å². The number of halogens is 2. The van der Waals surface area contributed by atoms with Crippen LogP contribution in [-0.2, 0) is 0 Å². The zero-order valence-electron chi connectivity index (χ0n) is 10.0. The van der Waals surface area contributed by atoms with E-state index in [2.05, 4.69) is 20.7 Å². The molecule has 1 fully saturated rings. The topological polar surface area (TPSA) is 71.3 Å². The molecule has 0 bridgehead atoms. The van der Waals surface area contributed by atoms with Gasteiger partial charge in [0, 0.05) is 19.5 Å². The van der Waals surface area contributed by atoms with E-state index in [0.717, 1.165) is 0 Å². The summed E-state index contributed by atoms with van der Waals surface area (Å²) in [7, 11) is 1.71. The molecule has 2 N–H and O–H groups in total. The monoisotopic (exact) mass is 283 g/mol. The molecule has 1 aliphatic rings. The van der Waals surface area contributed by atoms with Crippen LogP contribution in [0.25, 0.3) is 5.65 Å². The van der Waals surface area contributed by atoms with Gasteiger partial charge in [0.05, 0.1) is 12.2 Å². The van der Waals surface area contributed by atoms with Crippen LogP contribution in [0.4, 0.5) is 10.2 Å². The van der Waals surface area contributed by atoms with Crippen LogP contribution in [0.1, 0.15) is 16.8 Å². The zero-order valence-corrected chi connectivity index (χ0v) is 10.8. The standard InChI is InChI=1S/C11H11ClFN5O/c1-14-9-3-8(12)17-10-5(4-15-18(9)10)11(19)16-7-2-6(7)13/h3-4,6-7,14H,2H2,1H3,(H,16,19). The Bertz CT molecular complexity index is 658. The Labute approximate surface area is 113 Å². The molecular formula is C11H11ClFN5O. The highest BCUT2D eigenvalue weighted by Gasteiger charge is 2.39. The molecule has 0 aromatic carbocycles. The highest BCUT2D eigenvalue weighted by atomic mass is 35.5. The minimum atomic E-state index is -0.949. The van der Waals surface area contributed by atoms with Crippen molar-refractivity contribution in [2.24, 2.45) is 0 Å². The molecule has 2 heterocycles. The van der Waals surface area contributed by atoms with Gasteiger partial charge >= 0.3 is 0 Å². The Hall–Kier alpha value is -1.89. The minimum absolute atomic E-state index is 0.251. The van der Waals surface area contributed by atoms with E-state index in [4.69, 9.17) is 11.6 Å². The molecule has 2 unspecified atom stereocenters. The highest BCUT2D eigenvalue weighted by Crippen LogP contribution is 2.26. The highest BCUT2D eigenvalue weighted by molar-refractivity contribution is 6.29. The summed E-state index contributed by atoms with van der Waals surface area (Å²) in [5.41, 5.74) is 0.614. The number of alkyl halides is 1. The van der Waals surface area contributed by atoms with E-state index < -0.39 is 18.1 Å². The number of nitrogens with one attached hydrogen (secondary N) is 2. The number of aromatic nitrogens is 3. The first-order chi connectivity index (χ1) is 9.10. The van der Waals surface area contributed by atoms with Crippen LogP contribution in [0.15, 0.2) is 12.3 Å². The van der Waals surface area contributed by atoms with E-state index in [-0.39, 0.29) is 10.7 Å². The van der Waals surface area contributed by atoms with Gasteiger partial charge in [-0.1, -0.05) is 11.6 Å². The van der Waals surface area contributed by atoms with E-state index in [0.29, 0.717) is 17.9 Å². The van der Waals surface area contributed by atoms with Gasteiger partial charge in [0.2, 0.25) is 0 Å². The van der Waals surface area contributed by atoms with Gasteiger partial charge in [-0.2, -0.15) is 9.61 Å². The third kappa shape index (κ3) is 2.10. The molecule has 8 heteroatoms. The number of hydrogen-bond acceptors (Lipinski definition) is 4. The van der Waals surface area contributed by atoms with Crippen molar-refractivity contribution < 1.29 is 9.18 Å². The molecular weight excluding hydrogens is 273 g/mol. The van der Waals surface area contributed by atoms with Crippen molar-refractivity contribution in [2.75, 3.05) is 12.4 Å². The maximum Gasteiger partial charge on any atom is 0.257 e. The summed E-state index contributed by atoms with van der Waals surface area (Å²) in [4.78, 5) is 16.1. The quantitative estimate of drug-likeness (QED) is 0.832. The number of fused-ring (bicyclic) bond motifs is 1. The SMILES string of the molecule is CNc1cc(Cl)nc2c(C(=O)NC3CC3F)cnn12. The van der Waals surface area contributed by atoms with Gasteiger partial charge in [0.25, 0.3) is 5.91 Å². The molecule has 0 radical (unpaired) electrons. The van der Waals surface area contributed by atoms with E-state index in [9.17, 15) is 9.18 Å². The fourth-order valence-electron chi connectivity index (χ4n) is 1.83. The van der Waals surface area contributed by atoms with Crippen LogP contribution in [0.2, 0.25) is 5.15 Å². The van der Waals surface area contributed by atoms with Gasteiger partial charge < -0.3 is 10.6 Å². The number of anilines is 1. The van der Waals surface area contributed by atoms with Crippen LogP contribution in [0.5, 0.6) is 0 Å². The lowest BCUT2D eigenvalue weighted by Gasteiger charge is -2.05. The summed E-state index contributed by atoms with van der Waals surface area (Å²) < 4.78 is 14.3. The molecule has 1 amide bonds. The Kier molecular flexibility index (Phi) is 2.78. The lowest BCUT2D eigenvalue weighted by molar-refractivity contribution is 0.0949. The smallest absolute Gasteiger partial charge is 0.257 e. The van der Waals surface area contributed by atoms with Crippen molar-refractivity contribution in [3.05, 3.63) is 23.0 Å². The van der Waals surface area contributed by atoms with Crippen LogP contribution in [0.3, 0.4) is 0 Å². The number of hydrogen-bond donors (Lipinski definition) is 2. The number of carbonyl (C=O) groups is 1. The summed E-state index contributed by atoms with van der Waals surface area (Å²) >= 11 is 5.89. The predicted octanol–water partition coefficient (Wildman–Crippen LogP) is 1.26. The van der Waals surface area contributed by atoms with E-state index in [1.165, 1.54) is 10.7 Å². The average Bonchev–Trinajstić information content (AvgIpc) is 2.90.